The lowest BCUT2D eigenvalue weighted by Gasteiger charge is -2.50. The molecule has 2 aromatic rings. The highest BCUT2D eigenvalue weighted by Gasteiger charge is 2.58. The molecule has 0 radical (unpaired) electrons. The van der Waals surface area contributed by atoms with Crippen LogP contribution < -0.4 is 0 Å². The van der Waals surface area contributed by atoms with Crippen molar-refractivity contribution < 1.29 is 76.1 Å². The molecule has 52 heavy (non-hydrogen) atoms. The van der Waals surface area contributed by atoms with Gasteiger partial charge in [-0.3, -0.25) is 24.0 Å². The van der Waals surface area contributed by atoms with Crippen LogP contribution in [0.15, 0.2) is 60.7 Å². The summed E-state index contributed by atoms with van der Waals surface area (Å²) < 4.78 is 65.2. The van der Waals surface area contributed by atoms with E-state index in [4.69, 9.17) is 52.1 Å². The fourth-order valence-electron chi connectivity index (χ4n) is 6.14. The summed E-state index contributed by atoms with van der Waals surface area (Å²) in [7, 11) is 0. The van der Waals surface area contributed by atoms with Gasteiger partial charge in [-0.2, -0.15) is 0 Å². The van der Waals surface area contributed by atoms with E-state index in [0.717, 1.165) is 26.3 Å². The summed E-state index contributed by atoms with van der Waals surface area (Å²) in [5.41, 5.74) is 1.44. The summed E-state index contributed by atoms with van der Waals surface area (Å²) in [6.07, 6.45) is -14.0. The van der Waals surface area contributed by atoms with Gasteiger partial charge in [0.25, 0.3) is 0 Å². The van der Waals surface area contributed by atoms with E-state index in [-0.39, 0.29) is 13.2 Å². The molecular weight excluding hydrogens is 688 g/mol. The Morgan fingerprint density at radius 2 is 1.17 bits per heavy atom. The normalized spacial score (nSPS) is 31.3. The van der Waals surface area contributed by atoms with Gasteiger partial charge >= 0.3 is 29.8 Å². The molecule has 0 aliphatic carbocycles. The summed E-state index contributed by atoms with van der Waals surface area (Å²) in [5, 5.41) is 0. The second-order valence-corrected chi connectivity index (χ2v) is 12.3. The molecule has 0 N–H and O–H groups in total. The first-order chi connectivity index (χ1) is 24.9. The van der Waals surface area contributed by atoms with Gasteiger partial charge in [0.1, 0.15) is 31.0 Å². The largest absolute Gasteiger partial charge is 0.463 e. The van der Waals surface area contributed by atoms with Crippen LogP contribution in [0.5, 0.6) is 0 Å². The zero-order valence-electron chi connectivity index (χ0n) is 29.3. The Morgan fingerprint density at radius 1 is 0.615 bits per heavy atom. The number of ether oxygens (including phenoxy) is 11. The molecule has 16 nitrogen and oxygen atoms in total. The number of hydrogen-bond donors (Lipinski definition) is 0. The lowest BCUT2D eigenvalue weighted by Crippen LogP contribution is -2.67. The Hall–Kier alpha value is -4.45. The van der Waals surface area contributed by atoms with E-state index in [2.05, 4.69) is 0 Å². The summed E-state index contributed by atoms with van der Waals surface area (Å²) in [6.45, 7) is 5.29. The molecule has 0 saturated carbocycles. The van der Waals surface area contributed by atoms with E-state index < -0.39 is 104 Å². The van der Waals surface area contributed by atoms with Crippen molar-refractivity contribution in [3.8, 4) is 0 Å². The molecule has 2 aromatic carbocycles. The van der Waals surface area contributed by atoms with Gasteiger partial charge in [0, 0.05) is 40.2 Å². The third-order valence-corrected chi connectivity index (χ3v) is 8.15. The Kier molecular flexibility index (Phi) is 13.3. The van der Waals surface area contributed by atoms with Crippen LogP contribution in [0.3, 0.4) is 0 Å². The lowest BCUT2D eigenvalue weighted by atomic mass is 9.95. The van der Waals surface area contributed by atoms with Crippen LogP contribution in [0.25, 0.3) is 0 Å². The van der Waals surface area contributed by atoms with Crippen molar-refractivity contribution in [2.45, 2.75) is 109 Å². The average Bonchev–Trinajstić information content (AvgIpc) is 3.09. The SMILES string of the molecule is CC(=O)OC[C@H]1O[C@@H](OCc2ccccc2)[C@H](OC(C)=O)[C@@H](OC(C)=O)[C@@H]1O[C@H]1O[C@@H]2CO[C@@H](c3ccccc3)O[C@H]2[C@H](OC(C)=O)[C@H]1OC(C)=O. The Morgan fingerprint density at radius 3 is 1.77 bits per heavy atom. The van der Waals surface area contributed by atoms with Crippen LogP contribution in [0.4, 0.5) is 0 Å². The summed E-state index contributed by atoms with van der Waals surface area (Å²) >= 11 is 0. The van der Waals surface area contributed by atoms with Gasteiger partial charge in [0.15, 0.2) is 43.3 Å². The third-order valence-electron chi connectivity index (χ3n) is 8.15. The molecular formula is C36H42O16. The van der Waals surface area contributed by atoms with Gasteiger partial charge in [-0.05, 0) is 5.56 Å². The van der Waals surface area contributed by atoms with Crippen molar-refractivity contribution in [3.05, 3.63) is 71.8 Å². The minimum absolute atomic E-state index is 0.000751. The quantitative estimate of drug-likeness (QED) is 0.229. The highest BCUT2D eigenvalue weighted by molar-refractivity contribution is 5.68. The molecule has 3 aliphatic rings. The van der Waals surface area contributed by atoms with Crippen LogP contribution in [0.1, 0.15) is 52.0 Å². The van der Waals surface area contributed by atoms with Crippen LogP contribution in [-0.4, -0.2) is 104 Å². The molecule has 282 valence electrons. The maximum absolute atomic E-state index is 12.6. The first-order valence-electron chi connectivity index (χ1n) is 16.7. The first kappa shape index (κ1) is 38.8. The zero-order chi connectivity index (χ0) is 37.4. The minimum Gasteiger partial charge on any atom is -0.463 e. The molecule has 0 aromatic heterocycles. The molecule has 3 saturated heterocycles. The molecule has 0 spiro atoms. The molecule has 16 heteroatoms. The van der Waals surface area contributed by atoms with E-state index in [9.17, 15) is 24.0 Å². The lowest BCUT2D eigenvalue weighted by molar-refractivity contribution is -0.386. The van der Waals surface area contributed by atoms with E-state index in [1.54, 1.807) is 48.5 Å². The minimum atomic E-state index is -1.55. The van der Waals surface area contributed by atoms with Gasteiger partial charge in [0.2, 0.25) is 0 Å². The smallest absolute Gasteiger partial charge is 0.303 e. The number of benzene rings is 2. The highest BCUT2D eigenvalue weighted by Crippen LogP contribution is 2.39. The topological polar surface area (TPSA) is 187 Å². The number of fused-ring (bicyclic) bond motifs is 1. The summed E-state index contributed by atoms with van der Waals surface area (Å²) in [6, 6.07) is 18.1. The van der Waals surface area contributed by atoms with Crippen molar-refractivity contribution in [1.29, 1.82) is 0 Å². The summed E-state index contributed by atoms with van der Waals surface area (Å²) in [4.78, 5) is 62.0. The second-order valence-electron chi connectivity index (χ2n) is 12.3. The molecule has 3 fully saturated rings. The molecule has 11 atom stereocenters. The number of esters is 5. The van der Waals surface area contributed by atoms with Gasteiger partial charge in [0.05, 0.1) is 13.2 Å². The molecule has 3 heterocycles. The Labute approximate surface area is 299 Å². The van der Waals surface area contributed by atoms with Crippen molar-refractivity contribution in [3.63, 3.8) is 0 Å². The summed E-state index contributed by atoms with van der Waals surface area (Å²) in [5.74, 6) is -3.70. The van der Waals surface area contributed by atoms with Crippen molar-refractivity contribution >= 4 is 29.8 Å². The molecule has 5 rings (SSSR count). The van der Waals surface area contributed by atoms with E-state index >= 15 is 0 Å². The van der Waals surface area contributed by atoms with Crippen LogP contribution in [-0.2, 0) is 82.7 Å². The van der Waals surface area contributed by atoms with Crippen molar-refractivity contribution in [2.75, 3.05) is 13.2 Å². The number of carbonyl (C=O) groups is 5. The van der Waals surface area contributed by atoms with Crippen LogP contribution >= 0.6 is 0 Å². The predicted octanol–water partition coefficient (Wildman–Crippen LogP) is 2.44. The molecule has 3 aliphatic heterocycles. The van der Waals surface area contributed by atoms with E-state index in [0.29, 0.717) is 5.56 Å². The fraction of sp³-hybridized carbons (Fsp3) is 0.528. The van der Waals surface area contributed by atoms with Crippen molar-refractivity contribution in [2.24, 2.45) is 0 Å². The van der Waals surface area contributed by atoms with Gasteiger partial charge < -0.3 is 52.1 Å². The first-order valence-corrected chi connectivity index (χ1v) is 16.7. The average molecular weight is 731 g/mol. The van der Waals surface area contributed by atoms with Crippen LogP contribution in [0, 0.1) is 0 Å². The number of hydrogen-bond acceptors (Lipinski definition) is 16. The maximum Gasteiger partial charge on any atom is 0.303 e. The fourth-order valence-corrected chi connectivity index (χ4v) is 6.14. The monoisotopic (exact) mass is 730 g/mol. The highest BCUT2D eigenvalue weighted by atomic mass is 16.8. The van der Waals surface area contributed by atoms with E-state index in [1.807, 2.05) is 12.1 Å². The van der Waals surface area contributed by atoms with Gasteiger partial charge in [-0.1, -0.05) is 60.7 Å². The van der Waals surface area contributed by atoms with E-state index in [1.165, 1.54) is 13.8 Å². The molecule has 0 amide bonds. The zero-order valence-corrected chi connectivity index (χ0v) is 29.3. The predicted molar refractivity (Wildman–Crippen MR) is 172 cm³/mol. The van der Waals surface area contributed by atoms with Crippen LogP contribution in [0.2, 0.25) is 0 Å². The molecule has 0 bridgehead atoms. The maximum atomic E-state index is 12.6. The van der Waals surface area contributed by atoms with Gasteiger partial charge in [-0.25, -0.2) is 0 Å². The Balaban J connectivity index is 1.50. The van der Waals surface area contributed by atoms with Gasteiger partial charge in [-0.15, -0.1) is 0 Å². The number of rotatable bonds is 12. The van der Waals surface area contributed by atoms with Crippen molar-refractivity contribution in [1.82, 2.24) is 0 Å². The third kappa shape index (κ3) is 10.1. The number of carbonyl (C=O) groups excluding carboxylic acids is 5. The second kappa shape index (κ2) is 17.9. The molecule has 0 unspecified atom stereocenters. The standard InChI is InChI=1S/C36H42O16/c1-19(37)42-17-26-29(30(45-20(2)38)32(47-22(4)40)35(49-26)43-16-24-12-8-6-9-13-24)52-36-33(48-23(5)41)31(46-21(3)39)28-27(50-36)18-44-34(51-28)25-14-10-7-11-15-25/h6-15,26-36H,16-18H2,1-5H3/t26-,27-,28-,29-,30+,31+,32-,33-,34-,35-,36-/m1/s1. The Bertz CT molecular complexity index is 1540.